The first-order valence-corrected chi connectivity index (χ1v) is 30.6. The summed E-state index contributed by atoms with van der Waals surface area (Å²) in [5, 5.41) is 9.81. The summed E-state index contributed by atoms with van der Waals surface area (Å²) in [5.41, 5.74) is 0. The quantitative estimate of drug-likeness (QED) is 0.0197. The SMILES string of the molecule is CC/C=C\C/C=C\C/C=C\C/C=C\CCCCCCCCC(=O)OCC(COP(=O)(O)OCC(CO)OC(=O)CCCCCCC/C=C\CCCCCC)OC(=O)CCCCCCC/C=C\C/C=C\C/C=C\CC. The first-order valence-electron chi connectivity index (χ1n) is 29.1. The molecule has 11 nitrogen and oxygen atoms in total. The number of phosphoric acid groups is 1. The third-order valence-corrected chi connectivity index (χ3v) is 12.9. The molecule has 2 N–H and O–H groups in total. The van der Waals surface area contributed by atoms with Crippen LogP contribution in [0.2, 0.25) is 0 Å². The Hall–Kier alpha value is -3.60. The van der Waals surface area contributed by atoms with Crippen molar-refractivity contribution in [1.29, 1.82) is 0 Å². The molecule has 3 unspecified atom stereocenters. The highest BCUT2D eigenvalue weighted by atomic mass is 31.2. The molecule has 0 rings (SSSR count). The van der Waals surface area contributed by atoms with Gasteiger partial charge in [0, 0.05) is 19.3 Å². The van der Waals surface area contributed by atoms with Crippen LogP contribution in [0.15, 0.2) is 97.2 Å². The molecule has 0 amide bonds. The van der Waals surface area contributed by atoms with Gasteiger partial charge in [-0.15, -0.1) is 0 Å². The van der Waals surface area contributed by atoms with Gasteiger partial charge in [-0.05, 0) is 116 Å². The first kappa shape index (κ1) is 70.4. The van der Waals surface area contributed by atoms with Gasteiger partial charge in [0.2, 0.25) is 0 Å². The van der Waals surface area contributed by atoms with Gasteiger partial charge in [-0.2, -0.15) is 0 Å². The molecule has 0 saturated carbocycles. The summed E-state index contributed by atoms with van der Waals surface area (Å²) in [6.07, 6.45) is 65.0. The zero-order valence-corrected chi connectivity index (χ0v) is 47.7. The van der Waals surface area contributed by atoms with Gasteiger partial charge in [-0.1, -0.05) is 201 Å². The number of aliphatic hydroxyl groups excluding tert-OH is 1. The molecule has 0 fully saturated rings. The fraction of sp³-hybridized carbons (Fsp3) is 0.694. The van der Waals surface area contributed by atoms with E-state index < -0.39 is 57.8 Å². The maximum Gasteiger partial charge on any atom is 0.472 e. The van der Waals surface area contributed by atoms with E-state index in [1.165, 1.54) is 25.7 Å². The fourth-order valence-electron chi connectivity index (χ4n) is 7.59. The van der Waals surface area contributed by atoms with Crippen molar-refractivity contribution < 1.29 is 52.2 Å². The van der Waals surface area contributed by atoms with Crippen molar-refractivity contribution in [2.45, 2.75) is 251 Å². The number of ether oxygens (including phenoxy) is 3. The molecule has 0 spiro atoms. The lowest BCUT2D eigenvalue weighted by Gasteiger charge is -2.21. The molecule has 12 heteroatoms. The molecule has 74 heavy (non-hydrogen) atoms. The summed E-state index contributed by atoms with van der Waals surface area (Å²) in [6, 6.07) is 0. The van der Waals surface area contributed by atoms with Crippen molar-refractivity contribution in [2.24, 2.45) is 0 Å². The Labute approximate surface area is 451 Å². The Kier molecular flexibility index (Phi) is 52.9. The molecular formula is C62H105O11P. The van der Waals surface area contributed by atoms with Crippen LogP contribution in [0.3, 0.4) is 0 Å². The number of aliphatic hydroxyl groups is 1. The van der Waals surface area contributed by atoms with Crippen molar-refractivity contribution in [1.82, 2.24) is 0 Å². The lowest BCUT2D eigenvalue weighted by atomic mass is 10.1. The topological polar surface area (TPSA) is 155 Å². The average molecular weight is 1060 g/mol. The van der Waals surface area contributed by atoms with Crippen LogP contribution in [0.4, 0.5) is 0 Å². The zero-order chi connectivity index (χ0) is 54.1. The maximum atomic E-state index is 12.9. The van der Waals surface area contributed by atoms with Crippen LogP contribution in [0.5, 0.6) is 0 Å². The smallest absolute Gasteiger partial charge is 0.462 e. The molecule has 0 aliphatic carbocycles. The third-order valence-electron chi connectivity index (χ3n) is 12.0. The molecular weight excluding hydrogens is 952 g/mol. The Morgan fingerprint density at radius 3 is 1.09 bits per heavy atom. The molecule has 0 bridgehead atoms. The van der Waals surface area contributed by atoms with Crippen molar-refractivity contribution in [3.8, 4) is 0 Å². The van der Waals surface area contributed by atoms with E-state index in [0.29, 0.717) is 19.3 Å². The highest BCUT2D eigenvalue weighted by molar-refractivity contribution is 7.47. The largest absolute Gasteiger partial charge is 0.472 e. The van der Waals surface area contributed by atoms with Crippen LogP contribution < -0.4 is 0 Å². The van der Waals surface area contributed by atoms with E-state index in [0.717, 1.165) is 154 Å². The molecule has 0 aromatic rings. The minimum absolute atomic E-state index is 0.140. The summed E-state index contributed by atoms with van der Waals surface area (Å²) < 4.78 is 39.5. The van der Waals surface area contributed by atoms with Crippen LogP contribution >= 0.6 is 7.82 Å². The van der Waals surface area contributed by atoms with Gasteiger partial charge >= 0.3 is 25.7 Å². The minimum atomic E-state index is -4.76. The van der Waals surface area contributed by atoms with Gasteiger partial charge in [0.25, 0.3) is 0 Å². The second-order valence-corrected chi connectivity index (χ2v) is 20.5. The number of carbonyl (C=O) groups excluding carboxylic acids is 3. The first-order chi connectivity index (χ1) is 36.2. The summed E-state index contributed by atoms with van der Waals surface area (Å²) >= 11 is 0. The van der Waals surface area contributed by atoms with Gasteiger partial charge < -0.3 is 24.2 Å². The van der Waals surface area contributed by atoms with Gasteiger partial charge in [-0.3, -0.25) is 23.4 Å². The number of esters is 3. The molecule has 0 heterocycles. The van der Waals surface area contributed by atoms with Crippen LogP contribution in [-0.4, -0.2) is 66.5 Å². The number of hydrogen-bond acceptors (Lipinski definition) is 10. The fourth-order valence-corrected chi connectivity index (χ4v) is 8.37. The van der Waals surface area contributed by atoms with Crippen molar-refractivity contribution in [2.75, 3.05) is 26.4 Å². The summed E-state index contributed by atoms with van der Waals surface area (Å²) in [6.45, 7) is 4.36. The van der Waals surface area contributed by atoms with E-state index in [1.54, 1.807) is 0 Å². The van der Waals surface area contributed by atoms with Gasteiger partial charge in [0.1, 0.15) is 12.7 Å². The predicted octanol–water partition coefficient (Wildman–Crippen LogP) is 17.3. The highest BCUT2D eigenvalue weighted by Gasteiger charge is 2.28. The predicted molar refractivity (Wildman–Crippen MR) is 307 cm³/mol. The number of hydrogen-bond donors (Lipinski definition) is 2. The van der Waals surface area contributed by atoms with Gasteiger partial charge in [0.15, 0.2) is 6.10 Å². The monoisotopic (exact) mass is 1060 g/mol. The van der Waals surface area contributed by atoms with Crippen LogP contribution in [-0.2, 0) is 42.2 Å². The second kappa shape index (κ2) is 55.6. The number of unbranched alkanes of at least 4 members (excludes halogenated alkanes) is 20. The summed E-state index contributed by atoms with van der Waals surface area (Å²) in [5.74, 6) is -1.51. The normalized spacial score (nSPS) is 14.1. The molecule has 0 radical (unpaired) electrons. The van der Waals surface area contributed by atoms with E-state index in [2.05, 4.69) is 118 Å². The van der Waals surface area contributed by atoms with Crippen LogP contribution in [0, 0.1) is 0 Å². The van der Waals surface area contributed by atoms with E-state index in [-0.39, 0.29) is 25.9 Å². The molecule has 0 aromatic carbocycles. The average Bonchev–Trinajstić information content (AvgIpc) is 3.39. The van der Waals surface area contributed by atoms with E-state index in [9.17, 15) is 28.9 Å². The Morgan fingerprint density at radius 1 is 0.392 bits per heavy atom. The molecule has 0 saturated heterocycles. The molecule has 0 aromatic heterocycles. The van der Waals surface area contributed by atoms with Gasteiger partial charge in [0.05, 0.1) is 19.8 Å². The number of carbonyl (C=O) groups is 3. The summed E-state index contributed by atoms with van der Waals surface area (Å²) in [7, 11) is -4.76. The number of rotatable bonds is 53. The van der Waals surface area contributed by atoms with Crippen molar-refractivity contribution in [3.63, 3.8) is 0 Å². The Morgan fingerprint density at radius 2 is 0.703 bits per heavy atom. The Bertz CT molecular complexity index is 1610. The van der Waals surface area contributed by atoms with Crippen LogP contribution in [0.25, 0.3) is 0 Å². The minimum Gasteiger partial charge on any atom is -0.462 e. The number of phosphoric ester groups is 1. The second-order valence-electron chi connectivity index (χ2n) is 19.0. The molecule has 0 aliphatic rings. The van der Waals surface area contributed by atoms with E-state index in [1.807, 2.05) is 0 Å². The number of allylic oxidation sites excluding steroid dienone is 16. The summed E-state index contributed by atoms with van der Waals surface area (Å²) in [4.78, 5) is 48.6. The standard InChI is InChI=1S/C62H105O11P/c1-4-7-10-13-16-19-22-25-27-28-29-30-32-34-36-39-42-45-48-51-60(64)69-55-59(73-62(66)53-50-47-44-41-38-35-31-26-23-20-17-14-11-8-5-2)57-71-74(67,68)70-56-58(54-63)72-61(65)52-49-46-43-40-37-33-24-21-18-15-12-9-6-3/h7-8,10-11,16-17,19-21,24-27,29-31,58-59,63H,4-6,9,12-15,18,22-23,28,32-57H2,1-3H3,(H,67,68)/b10-7-,11-8-,19-16-,20-17-,24-21-,27-25-,30-29-,31-26-. The molecule has 0 aliphatic heterocycles. The van der Waals surface area contributed by atoms with E-state index >= 15 is 0 Å². The molecule has 424 valence electrons. The molecule has 3 atom stereocenters. The lowest BCUT2D eigenvalue weighted by molar-refractivity contribution is -0.161. The van der Waals surface area contributed by atoms with Crippen molar-refractivity contribution >= 4 is 25.7 Å². The van der Waals surface area contributed by atoms with Crippen molar-refractivity contribution in [3.05, 3.63) is 97.2 Å². The van der Waals surface area contributed by atoms with E-state index in [4.69, 9.17) is 23.3 Å². The zero-order valence-electron chi connectivity index (χ0n) is 46.8. The Balaban J connectivity index is 4.78. The highest BCUT2D eigenvalue weighted by Crippen LogP contribution is 2.43. The maximum absolute atomic E-state index is 12.9. The van der Waals surface area contributed by atoms with Gasteiger partial charge in [-0.25, -0.2) is 4.57 Å². The third kappa shape index (κ3) is 53.2. The van der Waals surface area contributed by atoms with Crippen LogP contribution in [0.1, 0.15) is 239 Å². The lowest BCUT2D eigenvalue weighted by Crippen LogP contribution is -2.30.